The molecule has 28 heavy (non-hydrogen) atoms. The molecule has 148 valence electrons. The average molecular weight is 420 g/mol. The number of halogens is 2. The molecule has 2 saturated heterocycles. The molecule has 2 aliphatic rings. The highest BCUT2D eigenvalue weighted by Gasteiger charge is 2.47. The molecule has 0 aliphatic carbocycles. The number of ether oxygens (including phenoxy) is 1. The Hall–Kier alpha value is -1.59. The summed E-state index contributed by atoms with van der Waals surface area (Å²) in [6.45, 7) is 0. The summed E-state index contributed by atoms with van der Waals surface area (Å²) in [6.07, 6.45) is 3.73. The van der Waals surface area contributed by atoms with Crippen LogP contribution in [0.15, 0.2) is 48.5 Å². The third kappa shape index (κ3) is 3.33. The highest BCUT2D eigenvalue weighted by atomic mass is 35.5. The van der Waals surface area contributed by atoms with Crippen molar-refractivity contribution in [3.05, 3.63) is 69.7 Å². The average Bonchev–Trinajstić information content (AvgIpc) is 2.93. The van der Waals surface area contributed by atoms with Crippen LogP contribution in [0.3, 0.4) is 0 Å². The van der Waals surface area contributed by atoms with Gasteiger partial charge in [-0.1, -0.05) is 59.6 Å². The summed E-state index contributed by atoms with van der Waals surface area (Å²) < 4.78 is 5.93. The van der Waals surface area contributed by atoms with E-state index < -0.39 is 11.6 Å². The van der Waals surface area contributed by atoms with Crippen LogP contribution in [0.25, 0.3) is 0 Å². The van der Waals surface area contributed by atoms with Gasteiger partial charge in [-0.15, -0.1) is 0 Å². The molecule has 0 spiro atoms. The van der Waals surface area contributed by atoms with E-state index in [2.05, 4.69) is 11.9 Å². The summed E-state index contributed by atoms with van der Waals surface area (Å²) in [5.74, 6) is -0.680. The lowest BCUT2D eigenvalue weighted by atomic mass is 9.86. The number of fused-ring (bicyclic) bond motifs is 2. The first kappa shape index (κ1) is 19.7. The van der Waals surface area contributed by atoms with Crippen LogP contribution in [0.5, 0.6) is 0 Å². The van der Waals surface area contributed by atoms with Crippen molar-refractivity contribution in [2.24, 2.45) is 0 Å². The highest BCUT2D eigenvalue weighted by Crippen LogP contribution is 2.39. The van der Waals surface area contributed by atoms with Crippen LogP contribution < -0.4 is 0 Å². The van der Waals surface area contributed by atoms with Crippen LogP contribution in [0.4, 0.5) is 0 Å². The quantitative estimate of drug-likeness (QED) is 0.746. The molecule has 4 rings (SSSR count). The topological polar surface area (TPSA) is 49.8 Å². The standard InChI is InChI=1S/C22H23Cl2NO3/c1-25-16-8-11-19(25)20(12-9-16)28-21(26)22(27,14-5-3-2-4-6-14)15-7-10-17(23)18(24)13-15/h2-7,10,13,16,19-20,27H,8-9,11-12H2,1H3/t16-,19-,20-,22?/m1/s1. The van der Waals surface area contributed by atoms with Crippen molar-refractivity contribution in [1.29, 1.82) is 0 Å². The number of nitrogens with zero attached hydrogens (tertiary/aromatic N) is 1. The Morgan fingerprint density at radius 2 is 1.75 bits per heavy atom. The summed E-state index contributed by atoms with van der Waals surface area (Å²) in [4.78, 5) is 15.7. The summed E-state index contributed by atoms with van der Waals surface area (Å²) in [5.41, 5.74) is -1.18. The second-order valence-electron chi connectivity index (χ2n) is 7.69. The summed E-state index contributed by atoms with van der Waals surface area (Å²) in [5, 5.41) is 12.3. The molecule has 0 radical (unpaired) electrons. The first-order valence-electron chi connectivity index (χ1n) is 9.57. The van der Waals surface area contributed by atoms with E-state index in [-0.39, 0.29) is 17.2 Å². The van der Waals surface area contributed by atoms with Gasteiger partial charge in [-0.25, -0.2) is 4.79 Å². The van der Waals surface area contributed by atoms with Crippen LogP contribution in [0.2, 0.25) is 10.0 Å². The van der Waals surface area contributed by atoms with Gasteiger partial charge in [-0.05, 0) is 50.4 Å². The molecule has 1 unspecified atom stereocenters. The second-order valence-corrected chi connectivity index (χ2v) is 8.50. The molecule has 4 nitrogen and oxygen atoms in total. The molecule has 0 saturated carbocycles. The molecular weight excluding hydrogens is 397 g/mol. The van der Waals surface area contributed by atoms with Gasteiger partial charge in [0.05, 0.1) is 10.0 Å². The number of hydrogen-bond donors (Lipinski definition) is 1. The molecule has 2 aliphatic heterocycles. The Balaban J connectivity index is 1.69. The molecule has 2 bridgehead atoms. The van der Waals surface area contributed by atoms with Crippen molar-refractivity contribution in [3.63, 3.8) is 0 Å². The normalized spacial score (nSPS) is 26.6. The van der Waals surface area contributed by atoms with E-state index in [1.54, 1.807) is 36.4 Å². The minimum atomic E-state index is -1.95. The van der Waals surface area contributed by atoms with Gasteiger partial charge in [0.25, 0.3) is 0 Å². The molecule has 6 heteroatoms. The van der Waals surface area contributed by atoms with Gasteiger partial charge >= 0.3 is 5.97 Å². The number of piperidine rings is 1. The number of hydrogen-bond acceptors (Lipinski definition) is 4. The number of rotatable bonds is 4. The fraction of sp³-hybridized carbons (Fsp3) is 0.409. The second kappa shape index (κ2) is 7.68. The minimum absolute atomic E-state index is 0.205. The molecule has 2 aromatic carbocycles. The highest BCUT2D eigenvalue weighted by molar-refractivity contribution is 6.42. The van der Waals surface area contributed by atoms with E-state index in [4.69, 9.17) is 27.9 Å². The van der Waals surface area contributed by atoms with Gasteiger partial charge < -0.3 is 9.84 Å². The number of benzene rings is 2. The maximum absolute atomic E-state index is 13.3. The van der Waals surface area contributed by atoms with E-state index in [0.29, 0.717) is 22.2 Å². The first-order valence-corrected chi connectivity index (χ1v) is 10.3. The lowest BCUT2D eigenvalue weighted by Gasteiger charge is -2.38. The fourth-order valence-corrected chi connectivity index (χ4v) is 4.85. The summed E-state index contributed by atoms with van der Waals surface area (Å²) in [6, 6.07) is 14.3. The maximum atomic E-state index is 13.3. The van der Waals surface area contributed by atoms with E-state index in [9.17, 15) is 9.90 Å². The molecule has 0 amide bonds. The van der Waals surface area contributed by atoms with E-state index >= 15 is 0 Å². The number of aliphatic hydroxyl groups is 1. The SMILES string of the molecule is CN1[C@@H]2CC[C@@H]1[C@H](OC(=O)C(O)(c1ccccc1)c1ccc(Cl)c(Cl)c1)CC2. The molecule has 4 atom stereocenters. The molecule has 0 aromatic heterocycles. The molecule has 1 N–H and O–H groups in total. The van der Waals surface area contributed by atoms with E-state index in [0.717, 1.165) is 25.7 Å². The zero-order valence-electron chi connectivity index (χ0n) is 15.6. The van der Waals surface area contributed by atoms with Gasteiger partial charge in [-0.2, -0.15) is 0 Å². The summed E-state index contributed by atoms with van der Waals surface area (Å²) >= 11 is 12.2. The lowest BCUT2D eigenvalue weighted by Crippen LogP contribution is -2.49. The number of carbonyl (C=O) groups excluding carboxylic acids is 1. The Labute approximate surface area is 175 Å². The van der Waals surface area contributed by atoms with Crippen LogP contribution in [0, 0.1) is 0 Å². The minimum Gasteiger partial charge on any atom is -0.458 e. The van der Waals surface area contributed by atoms with Crippen LogP contribution in [-0.4, -0.2) is 41.2 Å². The Morgan fingerprint density at radius 3 is 2.46 bits per heavy atom. The first-order chi connectivity index (χ1) is 13.4. The van der Waals surface area contributed by atoms with Gasteiger partial charge in [0.2, 0.25) is 5.60 Å². The fourth-order valence-electron chi connectivity index (χ4n) is 4.55. The van der Waals surface area contributed by atoms with Crippen molar-refractivity contribution in [1.82, 2.24) is 4.90 Å². The van der Waals surface area contributed by atoms with Crippen LogP contribution in [0.1, 0.15) is 36.8 Å². The van der Waals surface area contributed by atoms with Crippen molar-refractivity contribution < 1.29 is 14.6 Å². The summed E-state index contributed by atoms with van der Waals surface area (Å²) in [7, 11) is 2.09. The Kier molecular flexibility index (Phi) is 5.41. The van der Waals surface area contributed by atoms with Crippen molar-refractivity contribution in [2.75, 3.05) is 7.05 Å². The van der Waals surface area contributed by atoms with Gasteiger partial charge in [0.15, 0.2) is 0 Å². The monoisotopic (exact) mass is 419 g/mol. The molecular formula is C22H23Cl2NO3. The van der Waals surface area contributed by atoms with Crippen molar-refractivity contribution >= 4 is 29.2 Å². The van der Waals surface area contributed by atoms with Gasteiger partial charge in [0, 0.05) is 17.6 Å². The predicted molar refractivity (Wildman–Crippen MR) is 110 cm³/mol. The van der Waals surface area contributed by atoms with E-state index in [1.807, 2.05) is 6.07 Å². The Morgan fingerprint density at radius 1 is 1.04 bits per heavy atom. The third-order valence-electron chi connectivity index (χ3n) is 6.19. The maximum Gasteiger partial charge on any atom is 0.348 e. The molecule has 2 fully saturated rings. The number of esters is 1. The van der Waals surface area contributed by atoms with Gasteiger partial charge in [0.1, 0.15) is 6.10 Å². The smallest absolute Gasteiger partial charge is 0.348 e. The Bertz CT molecular complexity index is 875. The van der Waals surface area contributed by atoms with Crippen molar-refractivity contribution in [2.45, 2.75) is 49.5 Å². The third-order valence-corrected chi connectivity index (χ3v) is 6.93. The lowest BCUT2D eigenvalue weighted by molar-refractivity contribution is -0.173. The zero-order valence-corrected chi connectivity index (χ0v) is 17.2. The van der Waals surface area contributed by atoms with E-state index in [1.165, 1.54) is 6.07 Å². The van der Waals surface area contributed by atoms with Crippen molar-refractivity contribution in [3.8, 4) is 0 Å². The predicted octanol–water partition coefficient (Wildman–Crippen LogP) is 4.40. The molecule has 2 aromatic rings. The van der Waals surface area contributed by atoms with Crippen LogP contribution >= 0.6 is 23.2 Å². The van der Waals surface area contributed by atoms with Crippen LogP contribution in [-0.2, 0) is 15.1 Å². The largest absolute Gasteiger partial charge is 0.458 e. The number of likely N-dealkylation sites (N-methyl/N-ethyl adjacent to an activating group) is 1. The zero-order chi connectivity index (χ0) is 19.9. The molecule has 2 heterocycles. The number of carbonyl (C=O) groups is 1. The van der Waals surface area contributed by atoms with Gasteiger partial charge in [-0.3, -0.25) is 4.90 Å².